The van der Waals surface area contributed by atoms with Crippen LogP contribution in [0.5, 0.6) is 0 Å². The zero-order valence-electron chi connectivity index (χ0n) is 13.9. The summed E-state index contributed by atoms with van der Waals surface area (Å²) in [6.07, 6.45) is 0. The number of benzene rings is 1. The SMILES string of the molecule is CCN1C(=O)C(C)(C(=O)N2CCN(C)CC2)Sc2ccccc21. The molecule has 1 aromatic rings. The predicted octanol–water partition coefficient (Wildman–Crippen LogP) is 1.68. The number of para-hydroxylation sites is 1. The van der Waals surface area contributed by atoms with Crippen LogP contribution in [0, 0.1) is 0 Å². The summed E-state index contributed by atoms with van der Waals surface area (Å²) < 4.78 is -1.07. The number of hydrogen-bond donors (Lipinski definition) is 0. The third kappa shape index (κ3) is 2.74. The average Bonchev–Trinajstić information content (AvgIpc) is 2.56. The predicted molar refractivity (Wildman–Crippen MR) is 92.8 cm³/mol. The summed E-state index contributed by atoms with van der Waals surface area (Å²) in [6.45, 7) is 7.38. The zero-order valence-corrected chi connectivity index (χ0v) is 14.7. The topological polar surface area (TPSA) is 43.9 Å². The van der Waals surface area contributed by atoms with Crippen LogP contribution in [0.2, 0.25) is 0 Å². The molecule has 0 bridgehead atoms. The first kappa shape index (κ1) is 16.3. The van der Waals surface area contributed by atoms with Gasteiger partial charge in [-0.15, -0.1) is 0 Å². The van der Waals surface area contributed by atoms with Gasteiger partial charge in [0.15, 0.2) is 4.75 Å². The molecule has 0 aromatic heterocycles. The van der Waals surface area contributed by atoms with Gasteiger partial charge in [-0.2, -0.15) is 0 Å². The van der Waals surface area contributed by atoms with Crippen molar-refractivity contribution in [3.05, 3.63) is 24.3 Å². The normalized spacial score (nSPS) is 25.4. The lowest BCUT2D eigenvalue weighted by Gasteiger charge is -2.42. The Bertz CT molecular complexity index is 628. The van der Waals surface area contributed by atoms with Crippen LogP contribution in [0.15, 0.2) is 29.2 Å². The molecule has 0 saturated carbocycles. The number of anilines is 1. The quantitative estimate of drug-likeness (QED) is 0.773. The Balaban J connectivity index is 1.92. The Morgan fingerprint density at radius 1 is 1.22 bits per heavy atom. The highest BCUT2D eigenvalue weighted by atomic mass is 32.2. The molecule has 3 rings (SSSR count). The molecule has 2 heterocycles. The van der Waals surface area contributed by atoms with Crippen LogP contribution in [0.4, 0.5) is 5.69 Å². The molecule has 0 spiro atoms. The number of rotatable bonds is 2. The Morgan fingerprint density at radius 3 is 2.52 bits per heavy atom. The van der Waals surface area contributed by atoms with Crippen molar-refractivity contribution in [3.63, 3.8) is 0 Å². The van der Waals surface area contributed by atoms with Crippen LogP contribution in [0.1, 0.15) is 13.8 Å². The summed E-state index contributed by atoms with van der Waals surface area (Å²) in [5.41, 5.74) is 0.911. The number of carbonyl (C=O) groups is 2. The Hall–Kier alpha value is -1.53. The summed E-state index contributed by atoms with van der Waals surface area (Å²) in [5.74, 6) is -0.166. The fourth-order valence-electron chi connectivity index (χ4n) is 3.16. The van der Waals surface area contributed by atoms with Crippen LogP contribution in [0.25, 0.3) is 0 Å². The van der Waals surface area contributed by atoms with Gasteiger partial charge < -0.3 is 14.7 Å². The smallest absolute Gasteiger partial charge is 0.252 e. The maximum absolute atomic E-state index is 13.1. The number of amides is 2. The van der Waals surface area contributed by atoms with Gasteiger partial charge >= 0.3 is 0 Å². The molecule has 2 aliphatic heterocycles. The Morgan fingerprint density at radius 2 is 1.87 bits per heavy atom. The highest BCUT2D eigenvalue weighted by Gasteiger charge is 2.50. The van der Waals surface area contributed by atoms with Gasteiger partial charge in [0.25, 0.3) is 5.91 Å². The number of piperazine rings is 1. The highest BCUT2D eigenvalue weighted by molar-refractivity contribution is 8.02. The second kappa shape index (κ2) is 6.17. The van der Waals surface area contributed by atoms with Crippen molar-refractivity contribution in [2.45, 2.75) is 23.5 Å². The fraction of sp³-hybridized carbons (Fsp3) is 0.529. The largest absolute Gasteiger partial charge is 0.338 e. The zero-order chi connectivity index (χ0) is 16.6. The summed E-state index contributed by atoms with van der Waals surface area (Å²) in [7, 11) is 2.05. The molecular formula is C17H23N3O2S. The number of thioether (sulfide) groups is 1. The van der Waals surface area contributed by atoms with E-state index >= 15 is 0 Å². The third-order valence-corrected chi connectivity index (χ3v) is 5.96. The first-order valence-corrected chi connectivity index (χ1v) is 8.87. The van der Waals surface area contributed by atoms with E-state index in [2.05, 4.69) is 11.9 Å². The molecule has 5 nitrogen and oxygen atoms in total. The number of fused-ring (bicyclic) bond motifs is 1. The fourth-order valence-corrected chi connectivity index (χ4v) is 4.44. The number of nitrogens with zero attached hydrogens (tertiary/aromatic N) is 3. The van der Waals surface area contributed by atoms with E-state index < -0.39 is 4.75 Å². The van der Waals surface area contributed by atoms with Crippen molar-refractivity contribution in [1.29, 1.82) is 0 Å². The standard InChI is InChI=1S/C17H23N3O2S/c1-4-20-13-7-5-6-8-14(13)23-17(2,16(20)22)15(21)19-11-9-18(3)10-12-19/h5-8H,4,9-12H2,1-3H3. The molecule has 0 radical (unpaired) electrons. The van der Waals surface area contributed by atoms with Crippen LogP contribution in [0.3, 0.4) is 0 Å². The molecule has 1 fully saturated rings. The van der Waals surface area contributed by atoms with Crippen molar-refractivity contribution >= 4 is 29.3 Å². The first-order chi connectivity index (χ1) is 11.0. The minimum atomic E-state index is -1.07. The Kier molecular flexibility index (Phi) is 4.38. The first-order valence-electron chi connectivity index (χ1n) is 8.05. The summed E-state index contributed by atoms with van der Waals surface area (Å²) in [6, 6.07) is 7.82. The van der Waals surface area contributed by atoms with Crippen LogP contribution < -0.4 is 4.90 Å². The van der Waals surface area contributed by atoms with E-state index in [0.29, 0.717) is 19.6 Å². The maximum Gasteiger partial charge on any atom is 0.252 e. The lowest BCUT2D eigenvalue weighted by Crippen LogP contribution is -2.60. The molecule has 1 unspecified atom stereocenters. The van der Waals surface area contributed by atoms with E-state index in [4.69, 9.17) is 0 Å². The van der Waals surface area contributed by atoms with E-state index in [0.717, 1.165) is 23.7 Å². The van der Waals surface area contributed by atoms with Crippen molar-refractivity contribution < 1.29 is 9.59 Å². The maximum atomic E-state index is 13.1. The monoisotopic (exact) mass is 333 g/mol. The molecule has 1 saturated heterocycles. The molecular weight excluding hydrogens is 310 g/mol. The minimum absolute atomic E-state index is 0.0615. The van der Waals surface area contributed by atoms with Crippen molar-refractivity contribution in [2.24, 2.45) is 0 Å². The molecule has 1 aromatic carbocycles. The molecule has 0 aliphatic carbocycles. The van der Waals surface area contributed by atoms with E-state index in [1.807, 2.05) is 36.1 Å². The second-order valence-electron chi connectivity index (χ2n) is 6.25. The number of carbonyl (C=O) groups excluding carboxylic acids is 2. The second-order valence-corrected chi connectivity index (χ2v) is 7.71. The van der Waals surface area contributed by atoms with Gasteiger partial charge in [-0.25, -0.2) is 0 Å². The highest BCUT2D eigenvalue weighted by Crippen LogP contribution is 2.46. The van der Waals surface area contributed by atoms with E-state index in [9.17, 15) is 9.59 Å². The molecule has 6 heteroatoms. The minimum Gasteiger partial charge on any atom is -0.338 e. The average molecular weight is 333 g/mol. The Labute approximate surface area is 141 Å². The third-order valence-electron chi connectivity index (χ3n) is 4.64. The number of likely N-dealkylation sites (N-methyl/N-ethyl adjacent to an activating group) is 1. The van der Waals surface area contributed by atoms with E-state index in [-0.39, 0.29) is 11.8 Å². The van der Waals surface area contributed by atoms with E-state index in [1.165, 1.54) is 11.8 Å². The van der Waals surface area contributed by atoms with Gasteiger partial charge in [0.2, 0.25) is 5.91 Å². The van der Waals surface area contributed by atoms with Crippen LogP contribution in [-0.2, 0) is 9.59 Å². The molecule has 124 valence electrons. The van der Waals surface area contributed by atoms with E-state index in [1.54, 1.807) is 11.8 Å². The molecule has 23 heavy (non-hydrogen) atoms. The molecule has 0 N–H and O–H groups in total. The van der Waals surface area contributed by atoms with Crippen LogP contribution >= 0.6 is 11.8 Å². The van der Waals surface area contributed by atoms with Gasteiger partial charge in [0.1, 0.15) is 0 Å². The van der Waals surface area contributed by atoms with Gasteiger partial charge in [-0.3, -0.25) is 9.59 Å². The lowest BCUT2D eigenvalue weighted by molar-refractivity contribution is -0.139. The summed E-state index contributed by atoms with van der Waals surface area (Å²) in [5, 5.41) is 0. The van der Waals surface area contributed by atoms with Crippen LogP contribution in [-0.4, -0.2) is 66.1 Å². The van der Waals surface area contributed by atoms with Crippen molar-refractivity contribution in [2.75, 3.05) is 44.7 Å². The van der Waals surface area contributed by atoms with Gasteiger partial charge in [0.05, 0.1) is 5.69 Å². The molecule has 2 amide bonds. The van der Waals surface area contributed by atoms with Gasteiger partial charge in [-0.05, 0) is 33.0 Å². The van der Waals surface area contributed by atoms with Gasteiger partial charge in [-0.1, -0.05) is 23.9 Å². The molecule has 1 atom stereocenters. The van der Waals surface area contributed by atoms with Crippen molar-refractivity contribution in [3.8, 4) is 0 Å². The van der Waals surface area contributed by atoms with Crippen molar-refractivity contribution in [1.82, 2.24) is 9.80 Å². The number of hydrogen-bond acceptors (Lipinski definition) is 4. The summed E-state index contributed by atoms with van der Waals surface area (Å²) in [4.78, 5) is 32.9. The summed E-state index contributed by atoms with van der Waals surface area (Å²) >= 11 is 1.39. The molecule has 2 aliphatic rings. The van der Waals surface area contributed by atoms with Gasteiger partial charge in [0, 0.05) is 37.6 Å². The lowest BCUT2D eigenvalue weighted by atomic mass is 10.1.